The number of guanidine groups is 1. The standard InChI is InChI=1S/C14H23N5/c1-12-2-4-13(5-3-12)19-10-8-18(9-11-19)7-6-17-14(15)16/h2-5H,6-11H2,1H3,(H4,15,16,17). The number of piperazine rings is 1. The summed E-state index contributed by atoms with van der Waals surface area (Å²) in [5.41, 5.74) is 13.3. The fourth-order valence-electron chi connectivity index (χ4n) is 2.31. The zero-order valence-electron chi connectivity index (χ0n) is 11.5. The molecule has 2 rings (SSSR count). The maximum Gasteiger partial charge on any atom is 0.185 e. The van der Waals surface area contributed by atoms with Crippen molar-refractivity contribution < 1.29 is 0 Å². The first-order valence-electron chi connectivity index (χ1n) is 6.74. The molecule has 1 aromatic rings. The topological polar surface area (TPSA) is 70.9 Å². The molecule has 0 aromatic heterocycles. The third-order valence-electron chi connectivity index (χ3n) is 3.48. The Balaban J connectivity index is 1.79. The van der Waals surface area contributed by atoms with Gasteiger partial charge < -0.3 is 16.4 Å². The van der Waals surface area contributed by atoms with Gasteiger partial charge in [-0.15, -0.1) is 0 Å². The van der Waals surface area contributed by atoms with Gasteiger partial charge in [0.2, 0.25) is 0 Å². The average molecular weight is 261 g/mol. The van der Waals surface area contributed by atoms with Gasteiger partial charge in [-0.2, -0.15) is 0 Å². The van der Waals surface area contributed by atoms with Gasteiger partial charge in [-0.3, -0.25) is 9.89 Å². The molecule has 1 heterocycles. The van der Waals surface area contributed by atoms with E-state index in [0.717, 1.165) is 32.7 Å². The number of benzene rings is 1. The third-order valence-corrected chi connectivity index (χ3v) is 3.48. The average Bonchev–Trinajstić information content (AvgIpc) is 2.40. The molecule has 0 atom stereocenters. The largest absolute Gasteiger partial charge is 0.370 e. The second-order valence-electron chi connectivity index (χ2n) is 4.97. The van der Waals surface area contributed by atoms with Gasteiger partial charge in [0.15, 0.2) is 5.96 Å². The van der Waals surface area contributed by atoms with E-state index in [-0.39, 0.29) is 5.96 Å². The summed E-state index contributed by atoms with van der Waals surface area (Å²) < 4.78 is 0. The van der Waals surface area contributed by atoms with Crippen molar-refractivity contribution in [2.75, 3.05) is 44.2 Å². The molecule has 1 aliphatic rings. The van der Waals surface area contributed by atoms with E-state index in [4.69, 9.17) is 11.5 Å². The normalized spacial score (nSPS) is 16.4. The van der Waals surface area contributed by atoms with Crippen LogP contribution in [-0.2, 0) is 0 Å². The molecular formula is C14H23N5. The summed E-state index contributed by atoms with van der Waals surface area (Å²) in [7, 11) is 0. The molecule has 0 aliphatic carbocycles. The lowest BCUT2D eigenvalue weighted by Gasteiger charge is -2.35. The number of hydrogen-bond acceptors (Lipinski definition) is 3. The number of nitrogens with two attached hydrogens (primary N) is 2. The van der Waals surface area contributed by atoms with Gasteiger partial charge in [-0.1, -0.05) is 17.7 Å². The molecule has 1 aromatic carbocycles. The van der Waals surface area contributed by atoms with Gasteiger partial charge in [-0.25, -0.2) is 0 Å². The Bertz CT molecular complexity index is 414. The predicted octanol–water partition coefficient (Wildman–Crippen LogP) is 0.390. The lowest BCUT2D eigenvalue weighted by Crippen LogP contribution is -2.47. The molecule has 0 amide bonds. The van der Waals surface area contributed by atoms with Crippen LogP contribution in [0, 0.1) is 6.92 Å². The second kappa shape index (κ2) is 6.43. The van der Waals surface area contributed by atoms with Crippen molar-refractivity contribution in [2.24, 2.45) is 16.5 Å². The van der Waals surface area contributed by atoms with E-state index in [1.807, 2.05) is 0 Å². The van der Waals surface area contributed by atoms with Crippen molar-refractivity contribution in [2.45, 2.75) is 6.92 Å². The van der Waals surface area contributed by atoms with Crippen molar-refractivity contribution >= 4 is 11.6 Å². The minimum atomic E-state index is 0.179. The molecule has 5 heteroatoms. The predicted molar refractivity (Wildman–Crippen MR) is 80.5 cm³/mol. The van der Waals surface area contributed by atoms with E-state index >= 15 is 0 Å². The second-order valence-corrected chi connectivity index (χ2v) is 4.97. The van der Waals surface area contributed by atoms with Crippen molar-refractivity contribution in [3.05, 3.63) is 29.8 Å². The van der Waals surface area contributed by atoms with Crippen LogP contribution in [0.25, 0.3) is 0 Å². The molecule has 0 unspecified atom stereocenters. The Morgan fingerprint density at radius 1 is 1.11 bits per heavy atom. The van der Waals surface area contributed by atoms with Crippen molar-refractivity contribution in [1.82, 2.24) is 4.90 Å². The smallest absolute Gasteiger partial charge is 0.185 e. The number of aryl methyl sites for hydroxylation is 1. The SMILES string of the molecule is Cc1ccc(N2CCN(CCN=C(N)N)CC2)cc1. The van der Waals surface area contributed by atoms with Crippen LogP contribution in [0.1, 0.15) is 5.56 Å². The van der Waals surface area contributed by atoms with Crippen molar-refractivity contribution in [3.63, 3.8) is 0 Å². The summed E-state index contributed by atoms with van der Waals surface area (Å²) in [6.45, 7) is 7.98. The Labute approximate surface area is 114 Å². The number of rotatable bonds is 4. The zero-order valence-corrected chi connectivity index (χ0v) is 11.5. The minimum Gasteiger partial charge on any atom is -0.370 e. The van der Waals surface area contributed by atoms with Crippen LogP contribution >= 0.6 is 0 Å². The Morgan fingerprint density at radius 2 is 1.74 bits per heavy atom. The van der Waals surface area contributed by atoms with Crippen LogP contribution in [0.4, 0.5) is 5.69 Å². The summed E-state index contributed by atoms with van der Waals surface area (Å²) in [6.07, 6.45) is 0. The maximum atomic E-state index is 5.32. The van der Waals surface area contributed by atoms with Crippen LogP contribution in [0.2, 0.25) is 0 Å². The van der Waals surface area contributed by atoms with Gasteiger partial charge in [0.05, 0.1) is 6.54 Å². The third kappa shape index (κ3) is 4.13. The van der Waals surface area contributed by atoms with Gasteiger partial charge in [0.1, 0.15) is 0 Å². The van der Waals surface area contributed by atoms with E-state index in [0.29, 0.717) is 6.54 Å². The molecular weight excluding hydrogens is 238 g/mol. The summed E-state index contributed by atoms with van der Waals surface area (Å²) in [5.74, 6) is 0.179. The molecule has 4 N–H and O–H groups in total. The summed E-state index contributed by atoms with van der Waals surface area (Å²) in [5, 5.41) is 0. The van der Waals surface area contributed by atoms with E-state index in [9.17, 15) is 0 Å². The molecule has 1 aliphatic heterocycles. The van der Waals surface area contributed by atoms with E-state index < -0.39 is 0 Å². The van der Waals surface area contributed by atoms with Crippen molar-refractivity contribution in [1.29, 1.82) is 0 Å². The van der Waals surface area contributed by atoms with Crippen LogP contribution in [-0.4, -0.2) is 50.1 Å². The Morgan fingerprint density at radius 3 is 2.32 bits per heavy atom. The summed E-state index contributed by atoms with van der Waals surface area (Å²) in [4.78, 5) is 8.85. The number of anilines is 1. The van der Waals surface area contributed by atoms with Crippen LogP contribution in [0.15, 0.2) is 29.3 Å². The Kier molecular flexibility index (Phi) is 4.63. The summed E-state index contributed by atoms with van der Waals surface area (Å²) in [6, 6.07) is 8.73. The fraction of sp³-hybridized carbons (Fsp3) is 0.500. The molecule has 0 bridgehead atoms. The first-order valence-corrected chi connectivity index (χ1v) is 6.74. The highest BCUT2D eigenvalue weighted by atomic mass is 15.3. The first-order chi connectivity index (χ1) is 9.15. The highest BCUT2D eigenvalue weighted by Gasteiger charge is 2.16. The fourth-order valence-corrected chi connectivity index (χ4v) is 2.31. The van der Waals surface area contributed by atoms with Crippen molar-refractivity contribution in [3.8, 4) is 0 Å². The zero-order chi connectivity index (χ0) is 13.7. The first kappa shape index (κ1) is 13.7. The van der Waals surface area contributed by atoms with E-state index in [1.54, 1.807) is 0 Å². The molecule has 19 heavy (non-hydrogen) atoms. The number of hydrogen-bond donors (Lipinski definition) is 2. The molecule has 1 fully saturated rings. The molecule has 0 radical (unpaired) electrons. The highest BCUT2D eigenvalue weighted by Crippen LogP contribution is 2.16. The number of nitrogens with zero attached hydrogens (tertiary/aromatic N) is 3. The Hall–Kier alpha value is -1.75. The van der Waals surface area contributed by atoms with Crippen LogP contribution in [0.3, 0.4) is 0 Å². The monoisotopic (exact) mass is 261 g/mol. The highest BCUT2D eigenvalue weighted by molar-refractivity contribution is 5.75. The van der Waals surface area contributed by atoms with E-state index in [1.165, 1.54) is 11.3 Å². The van der Waals surface area contributed by atoms with Gasteiger partial charge in [0, 0.05) is 38.4 Å². The van der Waals surface area contributed by atoms with Crippen LogP contribution < -0.4 is 16.4 Å². The molecule has 104 valence electrons. The maximum absolute atomic E-state index is 5.32. The quantitative estimate of drug-likeness (QED) is 0.607. The van der Waals surface area contributed by atoms with E-state index in [2.05, 4.69) is 46.0 Å². The minimum absolute atomic E-state index is 0.179. The molecule has 5 nitrogen and oxygen atoms in total. The molecule has 1 saturated heterocycles. The van der Waals surface area contributed by atoms with Gasteiger partial charge in [0.25, 0.3) is 0 Å². The number of aliphatic imine (C=N–C) groups is 1. The lowest BCUT2D eigenvalue weighted by molar-refractivity contribution is 0.265. The summed E-state index contributed by atoms with van der Waals surface area (Å²) >= 11 is 0. The van der Waals surface area contributed by atoms with Crippen LogP contribution in [0.5, 0.6) is 0 Å². The lowest BCUT2D eigenvalue weighted by atomic mass is 10.2. The van der Waals surface area contributed by atoms with Gasteiger partial charge in [-0.05, 0) is 19.1 Å². The van der Waals surface area contributed by atoms with Gasteiger partial charge >= 0.3 is 0 Å². The molecule has 0 saturated carbocycles. The molecule has 0 spiro atoms.